The Hall–Kier alpha value is -3.03. The lowest BCUT2D eigenvalue weighted by atomic mass is 9.95. The highest BCUT2D eigenvalue weighted by Gasteiger charge is 2.20. The van der Waals surface area contributed by atoms with Crippen molar-refractivity contribution in [2.24, 2.45) is 7.05 Å². The van der Waals surface area contributed by atoms with Crippen LogP contribution in [-0.4, -0.2) is 32.3 Å². The minimum Gasteiger partial charge on any atom is -0.381 e. The van der Waals surface area contributed by atoms with Crippen LogP contribution in [0.1, 0.15) is 30.0 Å². The summed E-state index contributed by atoms with van der Waals surface area (Å²) >= 11 is 3.70. The van der Waals surface area contributed by atoms with E-state index in [1.54, 1.807) is 6.33 Å². The number of halogens is 1. The van der Waals surface area contributed by atoms with E-state index >= 15 is 0 Å². The molecule has 6 nitrogen and oxygen atoms in total. The lowest BCUT2D eigenvalue weighted by Gasteiger charge is -2.24. The summed E-state index contributed by atoms with van der Waals surface area (Å²) in [4.78, 5) is 22.9. The highest BCUT2D eigenvalue weighted by molar-refractivity contribution is 9.10. The molecule has 6 rings (SSSR count). The van der Waals surface area contributed by atoms with Crippen LogP contribution in [0.15, 0.2) is 64.4 Å². The average Bonchev–Trinajstić information content (AvgIpc) is 3.14. The second-order valence-corrected chi connectivity index (χ2v) is 9.57. The topological polar surface area (TPSA) is 61.9 Å². The van der Waals surface area contributed by atoms with Gasteiger partial charge >= 0.3 is 0 Å². The van der Waals surface area contributed by atoms with Crippen molar-refractivity contribution >= 4 is 48.6 Å². The van der Waals surface area contributed by atoms with Gasteiger partial charge in [-0.05, 0) is 63.8 Å². The van der Waals surface area contributed by atoms with Gasteiger partial charge in [-0.1, -0.05) is 24.3 Å². The Balaban J connectivity index is 1.57. The van der Waals surface area contributed by atoms with Crippen LogP contribution >= 0.6 is 15.9 Å². The first-order valence-electron chi connectivity index (χ1n) is 11.2. The zero-order valence-corrected chi connectivity index (χ0v) is 19.9. The maximum atomic E-state index is 13.6. The van der Waals surface area contributed by atoms with Gasteiger partial charge in [0.2, 0.25) is 0 Å². The van der Waals surface area contributed by atoms with Crippen molar-refractivity contribution in [2.45, 2.75) is 25.3 Å². The Morgan fingerprint density at radius 2 is 1.85 bits per heavy atom. The van der Waals surface area contributed by atoms with E-state index in [0.29, 0.717) is 25.0 Å². The second kappa shape index (κ2) is 8.08. The summed E-state index contributed by atoms with van der Waals surface area (Å²) in [7, 11) is 2.00. The van der Waals surface area contributed by atoms with Crippen molar-refractivity contribution < 1.29 is 4.74 Å². The third-order valence-corrected chi connectivity index (χ3v) is 7.34. The van der Waals surface area contributed by atoms with Gasteiger partial charge in [0.1, 0.15) is 5.65 Å². The molecule has 0 spiro atoms. The summed E-state index contributed by atoms with van der Waals surface area (Å²) in [5.41, 5.74) is 4.02. The molecule has 0 amide bonds. The summed E-state index contributed by atoms with van der Waals surface area (Å²) in [6.07, 6.45) is 7.99. The first kappa shape index (κ1) is 20.6. The highest BCUT2D eigenvalue weighted by atomic mass is 79.9. The van der Waals surface area contributed by atoms with Gasteiger partial charge in [-0.15, -0.1) is 0 Å². The third kappa shape index (κ3) is 3.38. The SMILES string of the molecule is Cn1cc(Br)c2c(Cc3cc4c(=O)n(C5CCOCC5)cnc4c4ccccc34)ccnc21. The van der Waals surface area contributed by atoms with Crippen LogP contribution in [0, 0.1) is 0 Å². The quantitative estimate of drug-likeness (QED) is 0.320. The molecule has 1 aliphatic rings. The van der Waals surface area contributed by atoms with Crippen molar-refractivity contribution in [3.05, 3.63) is 81.1 Å². The van der Waals surface area contributed by atoms with Gasteiger partial charge in [0.05, 0.1) is 17.2 Å². The highest BCUT2D eigenvalue weighted by Crippen LogP contribution is 2.32. The van der Waals surface area contributed by atoms with E-state index in [2.05, 4.69) is 39.1 Å². The number of rotatable bonds is 3. The molecule has 0 atom stereocenters. The molecule has 1 aliphatic heterocycles. The Labute approximate surface area is 199 Å². The Kier molecular flexibility index (Phi) is 5.03. The number of fused-ring (bicyclic) bond motifs is 4. The van der Waals surface area contributed by atoms with Crippen LogP contribution in [0.4, 0.5) is 0 Å². The molecule has 1 fully saturated rings. The van der Waals surface area contributed by atoms with Crippen LogP contribution in [0.25, 0.3) is 32.7 Å². The molecule has 3 aromatic heterocycles. The van der Waals surface area contributed by atoms with E-state index in [-0.39, 0.29) is 11.6 Å². The minimum atomic E-state index is 0.0275. The molecule has 166 valence electrons. The molecule has 0 aliphatic carbocycles. The maximum Gasteiger partial charge on any atom is 0.261 e. The van der Waals surface area contributed by atoms with E-state index in [9.17, 15) is 4.79 Å². The van der Waals surface area contributed by atoms with Crippen molar-refractivity contribution in [1.29, 1.82) is 0 Å². The summed E-state index contributed by atoms with van der Waals surface area (Å²) < 4.78 is 10.3. The van der Waals surface area contributed by atoms with Crippen LogP contribution in [0.3, 0.4) is 0 Å². The molecule has 0 N–H and O–H groups in total. The van der Waals surface area contributed by atoms with Crippen molar-refractivity contribution in [3.8, 4) is 0 Å². The number of aryl methyl sites for hydroxylation is 1. The number of benzene rings is 2. The normalized spacial score (nSPS) is 15.1. The molecular formula is C26H23BrN4O2. The molecular weight excluding hydrogens is 480 g/mol. The van der Waals surface area contributed by atoms with Crippen LogP contribution in [0.2, 0.25) is 0 Å². The predicted octanol–water partition coefficient (Wildman–Crippen LogP) is 5.14. The Bertz CT molecular complexity index is 1580. The summed E-state index contributed by atoms with van der Waals surface area (Å²) in [5, 5.41) is 3.92. The van der Waals surface area contributed by atoms with Gasteiger partial charge in [0.25, 0.3) is 5.56 Å². The molecule has 0 unspecified atom stereocenters. The van der Waals surface area contributed by atoms with Gasteiger partial charge in [-0.2, -0.15) is 0 Å². The second-order valence-electron chi connectivity index (χ2n) is 8.71. The smallest absolute Gasteiger partial charge is 0.261 e. The van der Waals surface area contributed by atoms with Gasteiger partial charge in [0.15, 0.2) is 0 Å². The number of ether oxygens (including phenoxy) is 1. The fourth-order valence-corrected chi connectivity index (χ4v) is 5.82. The summed E-state index contributed by atoms with van der Waals surface area (Å²) in [6, 6.07) is 12.5. The first-order chi connectivity index (χ1) is 16.1. The molecule has 7 heteroatoms. The van der Waals surface area contributed by atoms with Crippen LogP contribution < -0.4 is 5.56 Å². The molecule has 2 aromatic carbocycles. The first-order valence-corrected chi connectivity index (χ1v) is 12.0. The zero-order valence-electron chi connectivity index (χ0n) is 18.3. The maximum absolute atomic E-state index is 13.6. The van der Waals surface area contributed by atoms with Gasteiger partial charge in [-0.3, -0.25) is 9.36 Å². The van der Waals surface area contributed by atoms with Crippen molar-refractivity contribution in [2.75, 3.05) is 13.2 Å². The third-order valence-electron chi connectivity index (χ3n) is 6.74. The molecule has 5 aromatic rings. The summed E-state index contributed by atoms with van der Waals surface area (Å²) in [6.45, 7) is 1.37. The number of nitrogens with zero attached hydrogens (tertiary/aromatic N) is 4. The summed E-state index contributed by atoms with van der Waals surface area (Å²) in [5.74, 6) is 0. The number of pyridine rings is 1. The minimum absolute atomic E-state index is 0.0275. The molecule has 1 saturated heterocycles. The lowest BCUT2D eigenvalue weighted by Crippen LogP contribution is -2.29. The van der Waals surface area contributed by atoms with Crippen LogP contribution in [0.5, 0.6) is 0 Å². The Morgan fingerprint density at radius 1 is 1.06 bits per heavy atom. The standard InChI is InChI=1S/C26H23BrN4O2/c1-30-14-22(27)23-16(6-9-28-25(23)30)12-17-13-21-24(20-5-3-2-4-19(17)20)29-15-31(26(21)32)18-7-10-33-11-8-18/h2-6,9,13-15,18H,7-8,10-12H2,1H3. The number of hydrogen-bond acceptors (Lipinski definition) is 4. The lowest BCUT2D eigenvalue weighted by molar-refractivity contribution is 0.0685. The van der Waals surface area contributed by atoms with E-state index in [4.69, 9.17) is 9.72 Å². The molecule has 4 heterocycles. The van der Waals surface area contributed by atoms with Crippen LogP contribution in [-0.2, 0) is 18.2 Å². The van der Waals surface area contributed by atoms with Gasteiger partial charge < -0.3 is 9.30 Å². The van der Waals surface area contributed by atoms with Crippen molar-refractivity contribution in [1.82, 2.24) is 19.1 Å². The molecule has 0 saturated carbocycles. The molecule has 0 bridgehead atoms. The fourth-order valence-electron chi connectivity index (χ4n) is 5.08. The number of hydrogen-bond donors (Lipinski definition) is 0. The monoisotopic (exact) mass is 502 g/mol. The van der Waals surface area contributed by atoms with Gasteiger partial charge in [0, 0.05) is 53.9 Å². The average molecular weight is 503 g/mol. The van der Waals surface area contributed by atoms with E-state index in [1.807, 2.05) is 46.8 Å². The predicted molar refractivity (Wildman–Crippen MR) is 134 cm³/mol. The molecule has 0 radical (unpaired) electrons. The van der Waals surface area contributed by atoms with E-state index in [0.717, 1.165) is 50.2 Å². The number of aromatic nitrogens is 4. The fraction of sp³-hybridized carbons (Fsp3) is 0.269. The van der Waals surface area contributed by atoms with E-state index < -0.39 is 0 Å². The molecule has 33 heavy (non-hydrogen) atoms. The van der Waals surface area contributed by atoms with E-state index in [1.165, 1.54) is 5.56 Å². The largest absolute Gasteiger partial charge is 0.381 e. The van der Waals surface area contributed by atoms with Gasteiger partial charge in [-0.25, -0.2) is 9.97 Å². The van der Waals surface area contributed by atoms with Crippen molar-refractivity contribution in [3.63, 3.8) is 0 Å². The Morgan fingerprint density at radius 3 is 2.67 bits per heavy atom. The zero-order chi connectivity index (χ0) is 22.5.